The van der Waals surface area contributed by atoms with Crippen molar-refractivity contribution in [3.05, 3.63) is 35.5 Å². The molecular weight excluding hydrogens is 272 g/mol. The Morgan fingerprint density at radius 2 is 1.86 bits per heavy atom. The van der Waals surface area contributed by atoms with E-state index in [9.17, 15) is 4.79 Å². The number of benzene rings is 1. The molecule has 1 aromatic heterocycles. The van der Waals surface area contributed by atoms with Crippen molar-refractivity contribution >= 4 is 16.8 Å². The van der Waals surface area contributed by atoms with E-state index in [1.807, 2.05) is 6.07 Å². The molecule has 1 amide bonds. The Morgan fingerprint density at radius 1 is 1.18 bits per heavy atom. The quantitative estimate of drug-likeness (QED) is 0.669. The summed E-state index contributed by atoms with van der Waals surface area (Å²) in [7, 11) is 0. The molecule has 0 fully saturated rings. The predicted octanol–water partition coefficient (Wildman–Crippen LogP) is 5.45. The van der Waals surface area contributed by atoms with Crippen LogP contribution in [0, 0.1) is 6.92 Å². The molecule has 0 radical (unpaired) electrons. The maximum absolute atomic E-state index is 12.5. The third-order valence-electron chi connectivity index (χ3n) is 4.17. The summed E-state index contributed by atoms with van der Waals surface area (Å²) in [4.78, 5) is 15.7. The van der Waals surface area contributed by atoms with Crippen LogP contribution in [0.4, 0.5) is 0 Å². The van der Waals surface area contributed by atoms with Crippen LogP contribution in [-0.4, -0.2) is 16.9 Å². The molecule has 22 heavy (non-hydrogen) atoms. The Balaban J connectivity index is 0.00000264. The third kappa shape index (κ3) is 4.36. The Hall–Kier alpha value is -1.77. The molecule has 3 nitrogen and oxygen atoms in total. The highest BCUT2D eigenvalue weighted by Gasteiger charge is 2.15. The Bertz CT molecular complexity index is 617. The van der Waals surface area contributed by atoms with Gasteiger partial charge in [0.1, 0.15) is 5.69 Å². The molecule has 0 saturated carbocycles. The molecule has 1 heterocycles. The smallest absolute Gasteiger partial charge is 0.267 e. The van der Waals surface area contributed by atoms with Gasteiger partial charge in [0.25, 0.3) is 5.91 Å². The molecule has 0 aliphatic carbocycles. The molecule has 124 valence electrons. The number of nitrogens with one attached hydrogen (secondary N) is 2. The van der Waals surface area contributed by atoms with Crippen LogP contribution in [0.2, 0.25) is 0 Å². The molecule has 2 rings (SSSR count). The lowest BCUT2D eigenvalue weighted by Crippen LogP contribution is -2.35. The highest BCUT2D eigenvalue weighted by Crippen LogP contribution is 2.17. The van der Waals surface area contributed by atoms with Gasteiger partial charge in [-0.1, -0.05) is 51.7 Å². The molecule has 0 aliphatic heterocycles. The minimum atomic E-state index is 0. The number of carbonyl (C=O) groups is 1. The average Bonchev–Trinajstić information content (AvgIpc) is 2.93. The van der Waals surface area contributed by atoms with E-state index >= 15 is 0 Å². The van der Waals surface area contributed by atoms with Crippen LogP contribution in [0.15, 0.2) is 24.3 Å². The standard InChI is InChI=1S/C19H28N2O.2H2/c1-4-6-8-16(9-7-5-2)20-19(22)18-13-15-11-10-14(3)12-17(15)21-18;;/h10-13,16,21H,4-9H2,1-3H3,(H,20,22);2*1H. The lowest BCUT2D eigenvalue weighted by Gasteiger charge is -2.17. The maximum atomic E-state index is 12.5. The molecule has 0 atom stereocenters. The van der Waals surface area contributed by atoms with Crippen molar-refractivity contribution in [1.82, 2.24) is 10.3 Å². The number of hydrogen-bond donors (Lipinski definition) is 2. The molecule has 3 heteroatoms. The summed E-state index contributed by atoms with van der Waals surface area (Å²) in [6, 6.07) is 8.45. The van der Waals surface area contributed by atoms with Crippen LogP contribution < -0.4 is 5.32 Å². The number of unbranched alkanes of at least 4 members (excludes halogenated alkanes) is 2. The van der Waals surface area contributed by atoms with E-state index in [0.717, 1.165) is 23.7 Å². The summed E-state index contributed by atoms with van der Waals surface area (Å²) in [5.74, 6) is 0.0195. The highest BCUT2D eigenvalue weighted by molar-refractivity contribution is 5.98. The van der Waals surface area contributed by atoms with Crippen molar-refractivity contribution in [2.45, 2.75) is 65.3 Å². The van der Waals surface area contributed by atoms with Crippen molar-refractivity contribution in [1.29, 1.82) is 0 Å². The van der Waals surface area contributed by atoms with Crippen LogP contribution >= 0.6 is 0 Å². The fraction of sp³-hybridized carbons (Fsp3) is 0.526. The van der Waals surface area contributed by atoms with Crippen LogP contribution in [0.5, 0.6) is 0 Å². The first kappa shape index (κ1) is 16.6. The van der Waals surface area contributed by atoms with E-state index in [0.29, 0.717) is 11.7 Å². The number of carbonyl (C=O) groups excluding carboxylic acids is 1. The van der Waals surface area contributed by atoms with Gasteiger partial charge in [-0.15, -0.1) is 0 Å². The molecule has 2 aromatic rings. The largest absolute Gasteiger partial charge is 0.351 e. The van der Waals surface area contributed by atoms with Gasteiger partial charge < -0.3 is 10.3 Å². The molecule has 0 spiro atoms. The van der Waals surface area contributed by atoms with E-state index in [1.54, 1.807) is 0 Å². The first-order valence-electron chi connectivity index (χ1n) is 8.54. The second-order valence-corrected chi connectivity index (χ2v) is 6.23. The lowest BCUT2D eigenvalue weighted by molar-refractivity contribution is 0.0927. The van der Waals surface area contributed by atoms with Gasteiger partial charge >= 0.3 is 0 Å². The summed E-state index contributed by atoms with van der Waals surface area (Å²) >= 11 is 0. The van der Waals surface area contributed by atoms with Gasteiger partial charge in [0, 0.05) is 19.8 Å². The van der Waals surface area contributed by atoms with Crippen LogP contribution in [0.25, 0.3) is 10.9 Å². The van der Waals surface area contributed by atoms with Gasteiger partial charge in [0.05, 0.1) is 0 Å². The first-order valence-corrected chi connectivity index (χ1v) is 8.54. The average molecular weight is 304 g/mol. The zero-order chi connectivity index (χ0) is 15.9. The fourth-order valence-corrected chi connectivity index (χ4v) is 2.82. The summed E-state index contributed by atoms with van der Waals surface area (Å²) < 4.78 is 0. The Morgan fingerprint density at radius 3 is 2.50 bits per heavy atom. The number of aromatic amines is 1. The van der Waals surface area contributed by atoms with Gasteiger partial charge in [-0.3, -0.25) is 4.79 Å². The number of H-pyrrole nitrogens is 1. The minimum Gasteiger partial charge on any atom is -0.351 e. The number of rotatable bonds is 8. The molecular formula is C19H32N2O. The van der Waals surface area contributed by atoms with Crippen LogP contribution in [0.3, 0.4) is 0 Å². The first-order chi connectivity index (χ1) is 10.6. The van der Waals surface area contributed by atoms with Crippen molar-refractivity contribution in [2.24, 2.45) is 0 Å². The SMILES string of the molecule is CCCCC(CCCC)NC(=O)c1cc2ccc(C)cc2[nH]1.[HH].[HH]. The highest BCUT2D eigenvalue weighted by atomic mass is 16.1. The van der Waals surface area contributed by atoms with Gasteiger partial charge in [0.2, 0.25) is 0 Å². The molecule has 1 aromatic carbocycles. The summed E-state index contributed by atoms with van der Waals surface area (Å²) in [5.41, 5.74) is 2.90. The van der Waals surface area contributed by atoms with Crippen molar-refractivity contribution < 1.29 is 7.65 Å². The zero-order valence-electron chi connectivity index (χ0n) is 14.0. The van der Waals surface area contributed by atoms with Crippen molar-refractivity contribution in [3.63, 3.8) is 0 Å². The minimum absolute atomic E-state index is 0. The van der Waals surface area contributed by atoms with Crippen molar-refractivity contribution in [2.75, 3.05) is 0 Å². The molecule has 0 unspecified atom stereocenters. The van der Waals surface area contributed by atoms with E-state index in [1.165, 1.54) is 31.2 Å². The molecule has 2 N–H and O–H groups in total. The normalized spacial score (nSPS) is 11.3. The zero-order valence-corrected chi connectivity index (χ0v) is 14.0. The Kier molecular flexibility index (Phi) is 6.05. The van der Waals surface area contributed by atoms with E-state index < -0.39 is 0 Å². The number of amides is 1. The summed E-state index contributed by atoms with van der Waals surface area (Å²) in [6.45, 7) is 6.45. The second kappa shape index (κ2) is 8.02. The number of aryl methyl sites for hydroxylation is 1. The predicted molar refractivity (Wildman–Crippen MR) is 97.6 cm³/mol. The third-order valence-corrected chi connectivity index (χ3v) is 4.17. The number of aromatic nitrogens is 1. The molecule has 0 aliphatic rings. The monoisotopic (exact) mass is 304 g/mol. The van der Waals surface area contributed by atoms with Crippen molar-refractivity contribution in [3.8, 4) is 0 Å². The van der Waals surface area contributed by atoms with Gasteiger partial charge in [-0.25, -0.2) is 0 Å². The molecule has 0 saturated heterocycles. The maximum Gasteiger partial charge on any atom is 0.267 e. The van der Waals surface area contributed by atoms with Crippen LogP contribution in [-0.2, 0) is 0 Å². The van der Waals surface area contributed by atoms with Gasteiger partial charge in [-0.2, -0.15) is 0 Å². The number of hydrogen-bond acceptors (Lipinski definition) is 1. The summed E-state index contributed by atoms with van der Waals surface area (Å²) in [5, 5.41) is 4.30. The number of fused-ring (bicyclic) bond motifs is 1. The lowest BCUT2D eigenvalue weighted by atomic mass is 10.0. The van der Waals surface area contributed by atoms with Gasteiger partial charge in [0.15, 0.2) is 0 Å². The van der Waals surface area contributed by atoms with Crippen LogP contribution in [0.1, 0.15) is 71.3 Å². The van der Waals surface area contributed by atoms with E-state index in [4.69, 9.17) is 0 Å². The fourth-order valence-electron chi connectivity index (χ4n) is 2.82. The van der Waals surface area contributed by atoms with E-state index in [-0.39, 0.29) is 8.76 Å². The Labute approximate surface area is 136 Å². The molecule has 0 bridgehead atoms. The summed E-state index contributed by atoms with van der Waals surface area (Å²) in [6.07, 6.45) is 6.82. The van der Waals surface area contributed by atoms with Gasteiger partial charge in [-0.05, 0) is 37.5 Å². The topological polar surface area (TPSA) is 44.9 Å². The second-order valence-electron chi connectivity index (χ2n) is 6.23. The van der Waals surface area contributed by atoms with E-state index in [2.05, 4.69) is 49.3 Å².